The fourth-order valence-corrected chi connectivity index (χ4v) is 11.7. The molecule has 0 saturated heterocycles. The highest BCUT2D eigenvalue weighted by Gasteiger charge is 2.26. The van der Waals surface area contributed by atoms with Crippen LogP contribution in [-0.4, -0.2) is 30.1 Å². The molecule has 5 aromatic carbocycles. The molecule has 0 nitrogen and oxygen atoms in total. The fourth-order valence-electron chi connectivity index (χ4n) is 6.16. The molecule has 47 heavy (non-hydrogen) atoms. The molecule has 0 bridgehead atoms. The van der Waals surface area contributed by atoms with E-state index in [0.29, 0.717) is 5.25 Å². The molecule has 0 aliphatic carbocycles. The number of hydrogen-bond donors (Lipinski definition) is 0. The van der Waals surface area contributed by atoms with Crippen molar-refractivity contribution < 1.29 is 0 Å². The summed E-state index contributed by atoms with van der Waals surface area (Å²) in [5, 5.41) is 6.67. The number of thioether (sulfide) groups is 2. The summed E-state index contributed by atoms with van der Waals surface area (Å²) in [4.78, 5) is 1.37. The Hall–Kier alpha value is -2.34. The fraction of sp³-hybridized carbons (Fsp3) is 0.302. The van der Waals surface area contributed by atoms with Gasteiger partial charge < -0.3 is 0 Å². The van der Waals surface area contributed by atoms with Gasteiger partial charge in [-0.2, -0.15) is 11.8 Å². The van der Waals surface area contributed by atoms with E-state index in [1.807, 2.05) is 11.8 Å². The van der Waals surface area contributed by atoms with Crippen molar-refractivity contribution in [2.24, 2.45) is 0 Å². The number of rotatable bonds is 17. The van der Waals surface area contributed by atoms with Gasteiger partial charge in [0, 0.05) is 4.90 Å². The van der Waals surface area contributed by atoms with E-state index in [0.717, 1.165) is 18.6 Å². The summed E-state index contributed by atoms with van der Waals surface area (Å²) < 4.78 is 0. The topological polar surface area (TPSA) is 0 Å². The molecule has 0 aromatic heterocycles. The first kappa shape index (κ1) is 36.0. The van der Waals surface area contributed by atoms with Gasteiger partial charge in [-0.3, -0.25) is 0 Å². The third-order valence-corrected chi connectivity index (χ3v) is 14.7. The molecule has 244 valence electrons. The highest BCUT2D eigenvalue weighted by molar-refractivity contribution is 7.99. The van der Waals surface area contributed by atoms with E-state index in [4.69, 9.17) is 0 Å². The van der Waals surface area contributed by atoms with E-state index in [-0.39, 0.29) is 7.92 Å². The second-order valence-corrected chi connectivity index (χ2v) is 19.8. The maximum absolute atomic E-state index is 2.51. The van der Waals surface area contributed by atoms with Gasteiger partial charge in [-0.05, 0) is 132 Å². The van der Waals surface area contributed by atoms with Gasteiger partial charge in [-0.25, -0.2) is 0 Å². The summed E-state index contributed by atoms with van der Waals surface area (Å²) in [6, 6.07) is 47.9. The van der Waals surface area contributed by atoms with Gasteiger partial charge in [-0.15, -0.1) is 11.8 Å². The second-order valence-electron chi connectivity index (χ2n) is 12.5. The normalized spacial score (nSPS) is 11.6. The molecule has 4 heteroatoms. The van der Waals surface area contributed by atoms with Crippen LogP contribution in [-0.2, 0) is 12.8 Å². The van der Waals surface area contributed by atoms with Gasteiger partial charge in [0.2, 0.25) is 0 Å². The second kappa shape index (κ2) is 19.0. The van der Waals surface area contributed by atoms with Crippen LogP contribution in [0.15, 0.2) is 132 Å². The molecule has 5 rings (SSSR count). The average Bonchev–Trinajstić information content (AvgIpc) is 3.10. The number of aryl methyl sites for hydroxylation is 1. The lowest BCUT2D eigenvalue weighted by Gasteiger charge is -2.29. The van der Waals surface area contributed by atoms with Crippen LogP contribution >= 0.6 is 39.4 Å². The summed E-state index contributed by atoms with van der Waals surface area (Å²) >= 11 is 4.09. The third-order valence-electron chi connectivity index (χ3n) is 8.43. The van der Waals surface area contributed by atoms with Crippen molar-refractivity contribution in [2.45, 2.75) is 62.5 Å². The van der Waals surface area contributed by atoms with E-state index in [1.54, 1.807) is 16.4 Å². The van der Waals surface area contributed by atoms with Crippen LogP contribution in [0, 0.1) is 0 Å². The third kappa shape index (κ3) is 10.3. The zero-order chi connectivity index (χ0) is 32.8. The van der Waals surface area contributed by atoms with Crippen molar-refractivity contribution in [2.75, 3.05) is 24.8 Å². The number of unbranched alkanes of at least 4 members (excludes halogenated alkanes) is 2. The Morgan fingerprint density at radius 3 is 1.77 bits per heavy atom. The van der Waals surface area contributed by atoms with Crippen molar-refractivity contribution >= 4 is 60.6 Å². The van der Waals surface area contributed by atoms with Crippen LogP contribution in [0.3, 0.4) is 0 Å². The molecule has 5 aromatic rings. The molecule has 0 fully saturated rings. The maximum Gasteiger partial charge on any atom is 0.00719 e. The van der Waals surface area contributed by atoms with Crippen LogP contribution in [0.4, 0.5) is 0 Å². The van der Waals surface area contributed by atoms with E-state index in [1.165, 1.54) is 63.4 Å². The van der Waals surface area contributed by atoms with E-state index >= 15 is 0 Å². The molecule has 0 atom stereocenters. The van der Waals surface area contributed by atoms with E-state index in [2.05, 4.69) is 166 Å². The molecule has 0 aliphatic rings. The molecule has 0 radical (unpaired) electrons. The van der Waals surface area contributed by atoms with Crippen LogP contribution in [0.25, 0.3) is 11.1 Å². The smallest absolute Gasteiger partial charge is 0.00719 e. The van der Waals surface area contributed by atoms with E-state index in [9.17, 15) is 0 Å². The summed E-state index contributed by atoms with van der Waals surface area (Å²) in [5.41, 5.74) is 6.07. The zero-order valence-corrected chi connectivity index (χ0v) is 32.0. The predicted molar refractivity (Wildman–Crippen MR) is 220 cm³/mol. The van der Waals surface area contributed by atoms with Gasteiger partial charge >= 0.3 is 0 Å². The molecule has 0 spiro atoms. The Labute approximate surface area is 296 Å². The molecule has 0 N–H and O–H groups in total. The first-order valence-corrected chi connectivity index (χ1v) is 22.7. The van der Waals surface area contributed by atoms with Crippen LogP contribution < -0.4 is 21.2 Å². The van der Waals surface area contributed by atoms with Gasteiger partial charge in [0.05, 0.1) is 0 Å². The van der Waals surface area contributed by atoms with Gasteiger partial charge in [0.25, 0.3) is 0 Å². The Balaban J connectivity index is 1.61. The summed E-state index contributed by atoms with van der Waals surface area (Å²) in [6.07, 6.45) is 7.22. The van der Waals surface area contributed by atoms with Crippen molar-refractivity contribution in [1.29, 1.82) is 0 Å². The average molecular weight is 693 g/mol. The van der Waals surface area contributed by atoms with E-state index < -0.39 is 7.92 Å². The summed E-state index contributed by atoms with van der Waals surface area (Å²) in [5.74, 6) is 2.41. The quantitative estimate of drug-likeness (QED) is 0.0540. The minimum Gasteiger partial charge on any atom is -0.159 e. The van der Waals surface area contributed by atoms with Crippen molar-refractivity contribution in [3.8, 4) is 11.1 Å². The van der Waals surface area contributed by atoms with Crippen LogP contribution in [0.5, 0.6) is 0 Å². The lowest BCUT2D eigenvalue weighted by atomic mass is 9.93. The standard InChI is InChI=1S/C43H50P2S2/c1-34(2)46-32-18-16-20-35-30-31-41(40-28-14-15-29-42(40)44(3)4)43(39(35)27-17-19-33-47-38-25-12-7-13-26-38)45(36-21-8-5-9-22-36)37-23-10-6-11-24-37/h5-15,21-26,28-31,34H,16-20,27,32-33H2,1-4H3. The molecule has 0 aliphatic heterocycles. The molecule has 0 amide bonds. The highest BCUT2D eigenvalue weighted by atomic mass is 32.2. The summed E-state index contributed by atoms with van der Waals surface area (Å²) in [6.45, 7) is 9.44. The zero-order valence-electron chi connectivity index (χ0n) is 28.6. The monoisotopic (exact) mass is 692 g/mol. The molecular weight excluding hydrogens is 643 g/mol. The number of hydrogen-bond acceptors (Lipinski definition) is 2. The van der Waals surface area contributed by atoms with Crippen LogP contribution in [0.1, 0.15) is 50.7 Å². The Morgan fingerprint density at radius 1 is 0.553 bits per heavy atom. The summed E-state index contributed by atoms with van der Waals surface area (Å²) in [7, 11) is -1.00. The SMILES string of the molecule is CC(C)SCCCCc1ccc(-c2ccccc2P(C)C)c(P(c2ccccc2)c2ccccc2)c1CCCCSc1ccccc1. The Bertz CT molecular complexity index is 1600. The van der Waals surface area contributed by atoms with Crippen molar-refractivity contribution in [3.05, 3.63) is 139 Å². The minimum absolute atomic E-state index is 0.253. The predicted octanol–water partition coefficient (Wildman–Crippen LogP) is 11.1. The van der Waals surface area contributed by atoms with Crippen LogP contribution in [0.2, 0.25) is 0 Å². The van der Waals surface area contributed by atoms with Crippen molar-refractivity contribution in [3.63, 3.8) is 0 Å². The highest BCUT2D eigenvalue weighted by Crippen LogP contribution is 2.41. The Kier molecular flexibility index (Phi) is 14.5. The lowest BCUT2D eigenvalue weighted by Crippen LogP contribution is -2.27. The molecule has 0 heterocycles. The molecule has 0 unspecified atom stereocenters. The van der Waals surface area contributed by atoms with Gasteiger partial charge in [0.15, 0.2) is 0 Å². The van der Waals surface area contributed by atoms with Gasteiger partial charge in [-0.1, -0.05) is 137 Å². The lowest BCUT2D eigenvalue weighted by molar-refractivity contribution is 0.767. The number of benzene rings is 5. The first-order valence-electron chi connectivity index (χ1n) is 17.1. The largest absolute Gasteiger partial charge is 0.159 e. The van der Waals surface area contributed by atoms with Gasteiger partial charge in [0.1, 0.15) is 0 Å². The molecular formula is C43H50P2S2. The van der Waals surface area contributed by atoms with Crippen molar-refractivity contribution in [1.82, 2.24) is 0 Å². The Morgan fingerprint density at radius 2 is 1.13 bits per heavy atom. The molecule has 0 saturated carbocycles. The minimum atomic E-state index is -0.752. The maximum atomic E-state index is 2.51. The first-order chi connectivity index (χ1) is 23.0.